The molecule has 0 radical (unpaired) electrons. The van der Waals surface area contributed by atoms with E-state index in [-0.39, 0.29) is 5.91 Å². The van der Waals surface area contributed by atoms with E-state index in [1.54, 1.807) is 6.20 Å². The first-order valence-corrected chi connectivity index (χ1v) is 10.0. The third kappa shape index (κ3) is 3.97. The third-order valence-corrected chi connectivity index (χ3v) is 6.05. The molecule has 1 aliphatic heterocycles. The molecule has 1 saturated carbocycles. The second-order valence-corrected chi connectivity index (χ2v) is 7.82. The van der Waals surface area contributed by atoms with Crippen LogP contribution in [-0.4, -0.2) is 38.9 Å². The number of amides is 1. The van der Waals surface area contributed by atoms with Crippen LogP contribution in [0.3, 0.4) is 0 Å². The molecule has 1 aliphatic carbocycles. The molecule has 1 amide bonds. The van der Waals surface area contributed by atoms with Crippen molar-refractivity contribution in [1.82, 2.24) is 19.9 Å². The van der Waals surface area contributed by atoms with Crippen LogP contribution in [0.2, 0.25) is 0 Å². The van der Waals surface area contributed by atoms with Crippen LogP contribution in [0.4, 0.5) is 0 Å². The van der Waals surface area contributed by atoms with E-state index in [1.165, 1.54) is 37.7 Å². The van der Waals surface area contributed by atoms with E-state index in [1.807, 2.05) is 27.9 Å². The fourth-order valence-electron chi connectivity index (χ4n) is 4.43. The van der Waals surface area contributed by atoms with Gasteiger partial charge in [-0.05, 0) is 55.2 Å². The van der Waals surface area contributed by atoms with Crippen molar-refractivity contribution < 1.29 is 4.79 Å². The van der Waals surface area contributed by atoms with Gasteiger partial charge in [0.25, 0.3) is 5.91 Å². The lowest BCUT2D eigenvalue weighted by molar-refractivity contribution is 0.0681. The molecule has 138 valence electrons. The summed E-state index contributed by atoms with van der Waals surface area (Å²) < 4.78 is 1.89. The molecule has 26 heavy (non-hydrogen) atoms. The van der Waals surface area contributed by atoms with Gasteiger partial charge in [-0.1, -0.05) is 36.6 Å². The molecule has 0 bridgehead atoms. The third-order valence-electron chi connectivity index (χ3n) is 6.05. The lowest BCUT2D eigenvalue weighted by atomic mass is 9.84. The zero-order valence-corrected chi connectivity index (χ0v) is 15.4. The van der Waals surface area contributed by atoms with E-state index in [2.05, 4.69) is 22.4 Å². The SMILES string of the molecule is O=C(c1ccc(C2CCCCC2)cc1)N1CCC(Cn2ccnn2)CC1. The molecule has 2 heterocycles. The summed E-state index contributed by atoms with van der Waals surface area (Å²) in [5, 5.41) is 7.90. The van der Waals surface area contributed by atoms with E-state index in [9.17, 15) is 4.79 Å². The summed E-state index contributed by atoms with van der Waals surface area (Å²) in [6.07, 6.45) is 12.3. The molecule has 2 fully saturated rings. The highest BCUT2D eigenvalue weighted by atomic mass is 16.2. The molecule has 0 spiro atoms. The molecule has 1 aromatic carbocycles. The Morgan fingerprint density at radius 1 is 1.00 bits per heavy atom. The number of hydrogen-bond donors (Lipinski definition) is 0. The van der Waals surface area contributed by atoms with Crippen LogP contribution < -0.4 is 0 Å². The summed E-state index contributed by atoms with van der Waals surface area (Å²) in [5.74, 6) is 1.45. The molecule has 1 saturated heterocycles. The van der Waals surface area contributed by atoms with Crippen LogP contribution in [0.15, 0.2) is 36.7 Å². The minimum absolute atomic E-state index is 0.180. The van der Waals surface area contributed by atoms with Crippen LogP contribution in [0, 0.1) is 5.92 Å². The summed E-state index contributed by atoms with van der Waals surface area (Å²) in [7, 11) is 0. The number of piperidine rings is 1. The molecular weight excluding hydrogens is 324 g/mol. The number of benzene rings is 1. The molecule has 1 aromatic heterocycles. The second-order valence-electron chi connectivity index (χ2n) is 7.82. The second kappa shape index (κ2) is 8.02. The van der Waals surface area contributed by atoms with Crippen molar-refractivity contribution in [2.45, 2.75) is 57.4 Å². The lowest BCUT2D eigenvalue weighted by Gasteiger charge is -2.32. The molecule has 0 atom stereocenters. The Morgan fingerprint density at radius 3 is 2.38 bits per heavy atom. The van der Waals surface area contributed by atoms with Gasteiger partial charge < -0.3 is 4.90 Å². The number of aromatic nitrogens is 3. The van der Waals surface area contributed by atoms with Crippen LogP contribution in [0.5, 0.6) is 0 Å². The van der Waals surface area contributed by atoms with Crippen LogP contribution in [-0.2, 0) is 6.54 Å². The summed E-state index contributed by atoms with van der Waals surface area (Å²) in [6.45, 7) is 2.57. The van der Waals surface area contributed by atoms with Crippen molar-refractivity contribution in [3.63, 3.8) is 0 Å². The monoisotopic (exact) mass is 352 g/mol. The number of rotatable bonds is 4. The number of hydrogen-bond acceptors (Lipinski definition) is 3. The molecule has 2 aromatic rings. The maximum absolute atomic E-state index is 12.8. The van der Waals surface area contributed by atoms with Crippen molar-refractivity contribution in [3.8, 4) is 0 Å². The molecule has 5 nitrogen and oxygen atoms in total. The first kappa shape index (κ1) is 17.3. The summed E-state index contributed by atoms with van der Waals surface area (Å²) in [4.78, 5) is 14.8. The van der Waals surface area contributed by atoms with Crippen molar-refractivity contribution >= 4 is 5.91 Å². The fraction of sp³-hybridized carbons (Fsp3) is 0.571. The fourth-order valence-corrected chi connectivity index (χ4v) is 4.43. The van der Waals surface area contributed by atoms with Gasteiger partial charge in [0, 0.05) is 31.4 Å². The van der Waals surface area contributed by atoms with Gasteiger partial charge in [-0.2, -0.15) is 0 Å². The van der Waals surface area contributed by atoms with Gasteiger partial charge in [0.2, 0.25) is 0 Å². The highest BCUT2D eigenvalue weighted by molar-refractivity contribution is 5.94. The van der Waals surface area contributed by atoms with Crippen molar-refractivity contribution in [1.29, 1.82) is 0 Å². The zero-order chi connectivity index (χ0) is 17.8. The Hall–Kier alpha value is -2.17. The largest absolute Gasteiger partial charge is 0.339 e. The average Bonchev–Trinajstić information content (AvgIpc) is 3.22. The van der Waals surface area contributed by atoms with E-state index in [0.29, 0.717) is 11.8 Å². The molecule has 0 unspecified atom stereocenters. The van der Waals surface area contributed by atoms with Gasteiger partial charge in [0.05, 0.1) is 6.20 Å². The van der Waals surface area contributed by atoms with Gasteiger partial charge in [-0.3, -0.25) is 9.48 Å². The van der Waals surface area contributed by atoms with Gasteiger partial charge in [0.1, 0.15) is 0 Å². The molecule has 2 aliphatic rings. The van der Waals surface area contributed by atoms with E-state index >= 15 is 0 Å². The standard InChI is InChI=1S/C21H28N4O/c26-21(20-8-6-19(7-9-20)18-4-2-1-3-5-18)24-13-10-17(11-14-24)16-25-15-12-22-23-25/h6-9,12,15,17-18H,1-5,10-11,13-14,16H2. The van der Waals surface area contributed by atoms with E-state index in [4.69, 9.17) is 0 Å². The Kier molecular flexibility index (Phi) is 5.32. The van der Waals surface area contributed by atoms with E-state index in [0.717, 1.165) is 38.0 Å². The van der Waals surface area contributed by atoms with Crippen LogP contribution in [0.25, 0.3) is 0 Å². The molecule has 4 rings (SSSR count). The van der Waals surface area contributed by atoms with Gasteiger partial charge in [0.15, 0.2) is 0 Å². The average molecular weight is 352 g/mol. The van der Waals surface area contributed by atoms with Gasteiger partial charge in [-0.25, -0.2) is 0 Å². The van der Waals surface area contributed by atoms with E-state index < -0.39 is 0 Å². The van der Waals surface area contributed by atoms with Crippen molar-refractivity contribution in [3.05, 3.63) is 47.8 Å². The Bertz CT molecular complexity index is 696. The number of carbonyl (C=O) groups is 1. The maximum atomic E-state index is 12.8. The highest BCUT2D eigenvalue weighted by Gasteiger charge is 2.24. The summed E-state index contributed by atoms with van der Waals surface area (Å²) in [6, 6.07) is 8.43. The minimum atomic E-state index is 0.180. The summed E-state index contributed by atoms with van der Waals surface area (Å²) >= 11 is 0. The van der Waals surface area contributed by atoms with Gasteiger partial charge >= 0.3 is 0 Å². The quantitative estimate of drug-likeness (QED) is 0.839. The number of nitrogens with zero attached hydrogens (tertiary/aromatic N) is 4. The Morgan fingerprint density at radius 2 is 1.73 bits per heavy atom. The molecule has 5 heteroatoms. The maximum Gasteiger partial charge on any atom is 0.253 e. The van der Waals surface area contributed by atoms with Crippen LogP contribution in [0.1, 0.15) is 66.8 Å². The number of carbonyl (C=O) groups excluding carboxylic acids is 1. The normalized spacial score (nSPS) is 19.6. The van der Waals surface area contributed by atoms with Crippen LogP contribution >= 0.6 is 0 Å². The Labute approximate surface area is 155 Å². The molecular formula is C21H28N4O. The van der Waals surface area contributed by atoms with Gasteiger partial charge in [-0.15, -0.1) is 5.10 Å². The summed E-state index contributed by atoms with van der Waals surface area (Å²) in [5.41, 5.74) is 2.24. The molecule has 0 N–H and O–H groups in total. The van der Waals surface area contributed by atoms with Crippen molar-refractivity contribution in [2.75, 3.05) is 13.1 Å². The highest BCUT2D eigenvalue weighted by Crippen LogP contribution is 2.32. The first-order chi connectivity index (χ1) is 12.8. The smallest absolute Gasteiger partial charge is 0.253 e. The minimum Gasteiger partial charge on any atom is -0.339 e. The number of likely N-dealkylation sites (tertiary alicyclic amines) is 1. The van der Waals surface area contributed by atoms with Crippen molar-refractivity contribution in [2.24, 2.45) is 5.92 Å². The predicted octanol–water partition coefficient (Wildman–Crippen LogP) is 3.88. The topological polar surface area (TPSA) is 51.0 Å². The first-order valence-electron chi connectivity index (χ1n) is 10.0. The Balaban J connectivity index is 1.31. The predicted molar refractivity (Wildman–Crippen MR) is 101 cm³/mol. The zero-order valence-electron chi connectivity index (χ0n) is 15.4. The lowest BCUT2D eigenvalue weighted by Crippen LogP contribution is -2.39.